The molecule has 0 heterocycles. The Kier molecular flexibility index (Phi) is 12.2. The highest BCUT2D eigenvalue weighted by Crippen LogP contribution is 2.28. The molecule has 2 amide bonds. The summed E-state index contributed by atoms with van der Waals surface area (Å²) in [5.41, 5.74) is 1.78. The molecule has 0 spiro atoms. The Bertz CT molecular complexity index is 1770. The van der Waals surface area contributed by atoms with Gasteiger partial charge in [0.25, 0.3) is 10.0 Å². The molecular weight excluding hydrogens is 768 g/mol. The van der Waals surface area contributed by atoms with Crippen molar-refractivity contribution in [3.05, 3.63) is 128 Å². The zero-order chi connectivity index (χ0) is 33.4. The van der Waals surface area contributed by atoms with Crippen molar-refractivity contribution in [2.24, 2.45) is 0 Å². The van der Waals surface area contributed by atoms with E-state index in [1.807, 2.05) is 30.3 Å². The predicted molar refractivity (Wildman–Crippen MR) is 196 cm³/mol. The molecule has 1 atom stereocenters. The van der Waals surface area contributed by atoms with Crippen molar-refractivity contribution in [3.63, 3.8) is 0 Å². The highest BCUT2D eigenvalue weighted by atomic mass is 127. The summed E-state index contributed by atoms with van der Waals surface area (Å²) in [7, 11) is -4.17. The van der Waals surface area contributed by atoms with E-state index in [2.05, 4.69) is 27.9 Å². The second-order valence-electron chi connectivity index (χ2n) is 11.6. The van der Waals surface area contributed by atoms with Gasteiger partial charge in [0, 0.05) is 32.6 Å². The largest absolute Gasteiger partial charge is 0.352 e. The summed E-state index contributed by atoms with van der Waals surface area (Å²) in [6.45, 7) is -0.568. The third-order valence-electron chi connectivity index (χ3n) is 8.30. The standard InChI is InChI=1S/C36H36Cl2IN3O4S/c37-28-17-16-27(33(38)23-28)24-41(34(22-26-10-4-1-5-11-26)36(44)40-30-12-6-2-7-13-30)35(43)25-42(31-20-18-29(39)19-21-31)47(45,46)32-14-8-3-9-15-32/h1,3-5,8-11,14-21,23,30,34H,2,6-7,12-13,22,24-25H2,(H,40,44). The van der Waals surface area contributed by atoms with Crippen LogP contribution in [0, 0.1) is 3.57 Å². The van der Waals surface area contributed by atoms with Crippen molar-refractivity contribution in [1.82, 2.24) is 10.2 Å². The molecule has 0 aliphatic heterocycles. The van der Waals surface area contributed by atoms with E-state index in [9.17, 15) is 18.0 Å². The first kappa shape index (κ1) is 35.2. The van der Waals surface area contributed by atoms with E-state index >= 15 is 0 Å². The zero-order valence-electron chi connectivity index (χ0n) is 25.7. The van der Waals surface area contributed by atoms with Crippen LogP contribution >= 0.6 is 45.8 Å². The zero-order valence-corrected chi connectivity index (χ0v) is 30.2. The van der Waals surface area contributed by atoms with Gasteiger partial charge in [-0.2, -0.15) is 0 Å². The molecule has 1 N–H and O–H groups in total. The van der Waals surface area contributed by atoms with E-state index in [4.69, 9.17) is 23.2 Å². The Morgan fingerprint density at radius 1 is 0.851 bits per heavy atom. The fraction of sp³-hybridized carbons (Fsp3) is 0.278. The van der Waals surface area contributed by atoms with Crippen molar-refractivity contribution in [1.29, 1.82) is 0 Å². The van der Waals surface area contributed by atoms with Crippen molar-refractivity contribution in [3.8, 4) is 0 Å². The summed E-state index contributed by atoms with van der Waals surface area (Å²) in [6, 6.07) is 28.5. The number of nitrogens with one attached hydrogen (secondary N) is 1. The minimum absolute atomic E-state index is 0.00680. The molecule has 4 aromatic rings. The van der Waals surface area contributed by atoms with Crippen LogP contribution in [0.2, 0.25) is 10.0 Å². The van der Waals surface area contributed by atoms with Gasteiger partial charge in [-0.25, -0.2) is 8.42 Å². The van der Waals surface area contributed by atoms with Gasteiger partial charge in [-0.3, -0.25) is 13.9 Å². The van der Waals surface area contributed by atoms with Gasteiger partial charge in [-0.15, -0.1) is 0 Å². The molecule has 5 rings (SSSR count). The lowest BCUT2D eigenvalue weighted by atomic mass is 9.94. The van der Waals surface area contributed by atoms with Crippen LogP contribution in [-0.4, -0.2) is 43.8 Å². The first-order chi connectivity index (χ1) is 22.6. The number of carbonyl (C=O) groups excluding carboxylic acids is 2. The van der Waals surface area contributed by atoms with Gasteiger partial charge in [0.05, 0.1) is 10.6 Å². The number of rotatable bonds is 12. The summed E-state index contributed by atoms with van der Waals surface area (Å²) in [5, 5.41) is 3.99. The third kappa shape index (κ3) is 9.28. The maximum absolute atomic E-state index is 14.7. The number of benzene rings is 4. The van der Waals surface area contributed by atoms with Crippen molar-refractivity contribution in [2.75, 3.05) is 10.8 Å². The van der Waals surface area contributed by atoms with Crippen molar-refractivity contribution in [2.45, 2.75) is 62.0 Å². The second kappa shape index (κ2) is 16.3. The van der Waals surface area contributed by atoms with E-state index in [1.165, 1.54) is 17.0 Å². The molecule has 7 nitrogen and oxygen atoms in total. The van der Waals surface area contributed by atoms with Gasteiger partial charge in [0.15, 0.2) is 0 Å². The number of hydrogen-bond donors (Lipinski definition) is 1. The van der Waals surface area contributed by atoms with E-state index in [-0.39, 0.29) is 29.8 Å². The van der Waals surface area contributed by atoms with Crippen LogP contribution in [0.3, 0.4) is 0 Å². The van der Waals surface area contributed by atoms with Gasteiger partial charge < -0.3 is 10.2 Å². The lowest BCUT2D eigenvalue weighted by Crippen LogP contribution is -2.55. The molecule has 1 aliphatic carbocycles. The van der Waals surface area contributed by atoms with E-state index in [0.717, 1.165) is 45.5 Å². The SMILES string of the molecule is O=C(NC1CCCCC1)C(Cc1ccccc1)N(Cc1ccc(Cl)cc1Cl)C(=O)CN(c1ccc(I)cc1)S(=O)(=O)c1ccccc1. The summed E-state index contributed by atoms with van der Waals surface area (Å²) >= 11 is 15.0. The minimum Gasteiger partial charge on any atom is -0.352 e. The van der Waals surface area contributed by atoms with Crippen LogP contribution in [0.15, 0.2) is 108 Å². The van der Waals surface area contributed by atoms with Gasteiger partial charge in [-0.05, 0) is 95.1 Å². The van der Waals surface area contributed by atoms with Gasteiger partial charge in [0.2, 0.25) is 11.8 Å². The third-order valence-corrected chi connectivity index (χ3v) is 11.4. The molecule has 1 saturated carbocycles. The molecule has 0 bridgehead atoms. The van der Waals surface area contributed by atoms with Crippen molar-refractivity contribution >= 4 is 73.3 Å². The van der Waals surface area contributed by atoms with E-state index < -0.39 is 28.5 Å². The number of carbonyl (C=O) groups is 2. The topological polar surface area (TPSA) is 86.8 Å². The molecule has 11 heteroatoms. The average molecular weight is 805 g/mol. The number of anilines is 1. The number of hydrogen-bond acceptors (Lipinski definition) is 4. The van der Waals surface area contributed by atoms with Crippen LogP contribution in [0.1, 0.15) is 43.2 Å². The molecule has 246 valence electrons. The first-order valence-electron chi connectivity index (χ1n) is 15.5. The fourth-order valence-corrected chi connectivity index (χ4v) is 8.05. The highest BCUT2D eigenvalue weighted by Gasteiger charge is 2.35. The normalized spacial score (nSPS) is 14.3. The Balaban J connectivity index is 1.57. The summed E-state index contributed by atoms with van der Waals surface area (Å²) in [5.74, 6) is -0.834. The van der Waals surface area contributed by atoms with Gasteiger partial charge in [0.1, 0.15) is 12.6 Å². The molecule has 1 unspecified atom stereocenters. The highest BCUT2D eigenvalue weighted by molar-refractivity contribution is 14.1. The second-order valence-corrected chi connectivity index (χ2v) is 15.6. The van der Waals surface area contributed by atoms with Crippen LogP contribution in [0.4, 0.5) is 5.69 Å². The Morgan fingerprint density at radius 3 is 2.13 bits per heavy atom. The van der Waals surface area contributed by atoms with E-state index in [0.29, 0.717) is 21.3 Å². The summed E-state index contributed by atoms with van der Waals surface area (Å²) in [4.78, 5) is 30.4. The van der Waals surface area contributed by atoms with Crippen LogP contribution in [-0.2, 0) is 32.6 Å². The molecule has 1 aliphatic rings. The predicted octanol–water partition coefficient (Wildman–Crippen LogP) is 7.88. The molecule has 47 heavy (non-hydrogen) atoms. The Labute approximate surface area is 300 Å². The van der Waals surface area contributed by atoms with E-state index in [1.54, 1.807) is 60.7 Å². The maximum Gasteiger partial charge on any atom is 0.264 e. The smallest absolute Gasteiger partial charge is 0.264 e. The maximum atomic E-state index is 14.7. The molecule has 0 radical (unpaired) electrons. The average Bonchev–Trinajstić information content (AvgIpc) is 3.07. The lowest BCUT2D eigenvalue weighted by Gasteiger charge is -2.35. The number of halogens is 3. The summed E-state index contributed by atoms with van der Waals surface area (Å²) in [6.07, 6.45) is 5.15. The lowest BCUT2D eigenvalue weighted by molar-refractivity contribution is -0.140. The fourth-order valence-electron chi connectivity index (χ4n) is 5.79. The van der Waals surface area contributed by atoms with Gasteiger partial charge >= 0.3 is 0 Å². The number of amides is 2. The first-order valence-corrected chi connectivity index (χ1v) is 18.8. The van der Waals surface area contributed by atoms with Gasteiger partial charge in [-0.1, -0.05) is 97.1 Å². The van der Waals surface area contributed by atoms with Crippen LogP contribution in [0.25, 0.3) is 0 Å². The Hall–Kier alpha value is -3.12. The van der Waals surface area contributed by atoms with Crippen LogP contribution in [0.5, 0.6) is 0 Å². The quantitative estimate of drug-likeness (QED) is 0.148. The number of sulfonamides is 1. The molecule has 0 aromatic heterocycles. The molecule has 1 fully saturated rings. The number of nitrogens with zero attached hydrogens (tertiary/aromatic N) is 2. The molecular formula is C36H36Cl2IN3O4S. The summed E-state index contributed by atoms with van der Waals surface area (Å²) < 4.78 is 30.3. The minimum atomic E-state index is -4.17. The molecule has 4 aromatic carbocycles. The van der Waals surface area contributed by atoms with Crippen LogP contribution < -0.4 is 9.62 Å². The Morgan fingerprint density at radius 2 is 1.49 bits per heavy atom. The monoisotopic (exact) mass is 803 g/mol. The van der Waals surface area contributed by atoms with Crippen molar-refractivity contribution < 1.29 is 18.0 Å². The molecule has 0 saturated heterocycles.